The summed E-state index contributed by atoms with van der Waals surface area (Å²) >= 11 is 0. The molecule has 1 unspecified atom stereocenters. The molecule has 10 heteroatoms. The summed E-state index contributed by atoms with van der Waals surface area (Å²) in [4.78, 5) is 5.67. The van der Waals surface area contributed by atoms with Crippen molar-refractivity contribution in [2.45, 2.75) is 30.5 Å². The van der Waals surface area contributed by atoms with E-state index < -0.39 is 32.9 Å². The molecule has 0 spiro atoms. The normalized spacial score (nSPS) is 14.5. The van der Waals surface area contributed by atoms with Gasteiger partial charge in [0, 0.05) is 25.2 Å². The summed E-state index contributed by atoms with van der Waals surface area (Å²) in [5, 5.41) is 10.8. The number of halogens is 3. The van der Waals surface area contributed by atoms with Gasteiger partial charge in [-0.2, -0.15) is 13.2 Å². The average molecular weight is 459 g/mol. The second-order valence-corrected chi connectivity index (χ2v) is 9.08. The number of aliphatic imine (C=N–C) groups is 1. The van der Waals surface area contributed by atoms with Crippen molar-refractivity contribution in [2.24, 2.45) is 4.99 Å². The number of nitrogens with zero attached hydrogens (tertiary/aromatic N) is 2. The molecule has 0 aliphatic carbocycles. The number of alkyl halides is 3. The van der Waals surface area contributed by atoms with Gasteiger partial charge in [-0.05, 0) is 37.6 Å². The highest BCUT2D eigenvalue weighted by Gasteiger charge is 2.58. The van der Waals surface area contributed by atoms with Gasteiger partial charge >= 0.3 is 6.18 Å². The molecule has 0 bridgehead atoms. The highest BCUT2D eigenvalue weighted by Crippen LogP contribution is 2.46. The van der Waals surface area contributed by atoms with Crippen molar-refractivity contribution < 1.29 is 31.4 Å². The van der Waals surface area contributed by atoms with Gasteiger partial charge in [0.15, 0.2) is 9.84 Å². The highest BCUT2D eigenvalue weighted by molar-refractivity contribution is 7.91. The van der Waals surface area contributed by atoms with Gasteiger partial charge in [-0.1, -0.05) is 18.2 Å². The summed E-state index contributed by atoms with van der Waals surface area (Å²) in [6.07, 6.45) is -3.78. The molecule has 0 fully saturated rings. The first-order valence-corrected chi connectivity index (χ1v) is 11.0. The van der Waals surface area contributed by atoms with E-state index >= 15 is 0 Å². The lowest BCUT2D eigenvalue weighted by Gasteiger charge is -2.32. The van der Waals surface area contributed by atoms with E-state index in [4.69, 9.17) is 4.74 Å². The predicted molar refractivity (Wildman–Crippen MR) is 113 cm³/mol. The molecule has 0 saturated heterocycles. The first-order valence-electron chi connectivity index (χ1n) is 9.36. The zero-order valence-electron chi connectivity index (χ0n) is 17.6. The number of sulfone groups is 1. The van der Waals surface area contributed by atoms with Crippen LogP contribution in [0.15, 0.2) is 52.4 Å². The second-order valence-electron chi connectivity index (χ2n) is 7.09. The van der Waals surface area contributed by atoms with Crippen molar-refractivity contribution >= 4 is 21.9 Å². The molecule has 170 valence electrons. The summed E-state index contributed by atoms with van der Waals surface area (Å²) in [6, 6.07) is 8.99. The van der Waals surface area contributed by atoms with Crippen LogP contribution < -0.4 is 4.74 Å². The molecule has 2 aromatic carbocycles. The molecule has 31 heavy (non-hydrogen) atoms. The van der Waals surface area contributed by atoms with Crippen LogP contribution in [0.5, 0.6) is 5.75 Å². The topological polar surface area (TPSA) is 79.2 Å². The fourth-order valence-corrected chi connectivity index (χ4v) is 4.46. The molecule has 0 aliphatic rings. The minimum atomic E-state index is -5.29. The molecule has 0 aliphatic heterocycles. The maximum atomic E-state index is 14.1. The van der Waals surface area contributed by atoms with Crippen LogP contribution in [-0.2, 0) is 15.4 Å². The van der Waals surface area contributed by atoms with E-state index in [1.807, 2.05) is 6.92 Å². The zero-order valence-corrected chi connectivity index (χ0v) is 18.5. The van der Waals surface area contributed by atoms with E-state index in [0.29, 0.717) is 17.8 Å². The zero-order chi connectivity index (χ0) is 23.4. The van der Waals surface area contributed by atoms with Gasteiger partial charge in [0.2, 0.25) is 5.60 Å². The summed E-state index contributed by atoms with van der Waals surface area (Å²) in [5.74, 6) is -1.91. The number of rotatable bonds is 8. The van der Waals surface area contributed by atoms with Crippen LogP contribution in [0, 0.1) is 6.92 Å². The highest BCUT2D eigenvalue weighted by atomic mass is 32.2. The molecular formula is C21H25F3N2O4S. The van der Waals surface area contributed by atoms with Crippen LogP contribution >= 0.6 is 0 Å². The van der Waals surface area contributed by atoms with Crippen molar-refractivity contribution in [3.05, 3.63) is 53.6 Å². The number of hydrogen-bond donors (Lipinski definition) is 1. The number of benzene rings is 2. The molecule has 0 aromatic heterocycles. The Morgan fingerprint density at radius 3 is 2.32 bits per heavy atom. The van der Waals surface area contributed by atoms with Gasteiger partial charge in [0.25, 0.3) is 0 Å². The fourth-order valence-electron chi connectivity index (χ4n) is 2.85. The van der Waals surface area contributed by atoms with E-state index in [2.05, 4.69) is 4.99 Å². The molecule has 0 heterocycles. The van der Waals surface area contributed by atoms with E-state index in [1.165, 1.54) is 49.7 Å². The molecule has 0 amide bonds. The van der Waals surface area contributed by atoms with Gasteiger partial charge < -0.3 is 14.7 Å². The predicted octanol–water partition coefficient (Wildman–Crippen LogP) is 3.84. The van der Waals surface area contributed by atoms with Crippen LogP contribution in [-0.4, -0.2) is 57.4 Å². The van der Waals surface area contributed by atoms with E-state index in [-0.39, 0.29) is 10.6 Å². The SMILES string of the molecule is CCN(C)C=Nc1cc(OC)c(C(O)(CS(=O)(=O)c2ccccc2)C(F)(F)F)cc1C. The quantitative estimate of drug-likeness (QED) is 0.480. The van der Waals surface area contributed by atoms with Crippen molar-refractivity contribution in [2.75, 3.05) is 26.5 Å². The van der Waals surface area contributed by atoms with Crippen molar-refractivity contribution in [3.63, 3.8) is 0 Å². The van der Waals surface area contributed by atoms with E-state index in [9.17, 15) is 26.7 Å². The van der Waals surface area contributed by atoms with Gasteiger partial charge in [0.1, 0.15) is 5.75 Å². The maximum absolute atomic E-state index is 14.1. The standard InChI is InChI=1S/C21H25F3N2O4S/c1-5-26(3)14-25-18-12-19(30-4)17(11-15(18)2)20(27,21(22,23)24)13-31(28,29)16-9-7-6-8-10-16/h6-12,14,27H,5,13H2,1-4H3. The number of hydrogen-bond acceptors (Lipinski definition) is 5. The van der Waals surface area contributed by atoms with Crippen molar-refractivity contribution in [3.8, 4) is 5.75 Å². The molecule has 1 N–H and O–H groups in total. The number of aliphatic hydroxyl groups is 1. The second kappa shape index (κ2) is 9.27. The Morgan fingerprint density at radius 1 is 1.19 bits per heavy atom. The summed E-state index contributed by atoms with van der Waals surface area (Å²) in [6.45, 7) is 4.09. The van der Waals surface area contributed by atoms with Crippen molar-refractivity contribution in [1.82, 2.24) is 4.90 Å². The number of methoxy groups -OCH3 is 1. The molecule has 6 nitrogen and oxygen atoms in total. The lowest BCUT2D eigenvalue weighted by atomic mass is 9.92. The lowest BCUT2D eigenvalue weighted by molar-refractivity contribution is -0.257. The van der Waals surface area contributed by atoms with Crippen molar-refractivity contribution in [1.29, 1.82) is 0 Å². The van der Waals surface area contributed by atoms with Gasteiger partial charge in [-0.25, -0.2) is 13.4 Å². The summed E-state index contributed by atoms with van der Waals surface area (Å²) < 4.78 is 72.7. The van der Waals surface area contributed by atoms with Crippen LogP contribution in [0.2, 0.25) is 0 Å². The van der Waals surface area contributed by atoms with E-state index in [0.717, 1.165) is 13.2 Å². The third-order valence-electron chi connectivity index (χ3n) is 4.83. The summed E-state index contributed by atoms with van der Waals surface area (Å²) in [5.41, 5.74) is -3.74. The Balaban J connectivity index is 2.63. The summed E-state index contributed by atoms with van der Waals surface area (Å²) in [7, 11) is -1.56. The average Bonchev–Trinajstić information content (AvgIpc) is 2.71. The lowest BCUT2D eigenvalue weighted by Crippen LogP contribution is -2.48. The van der Waals surface area contributed by atoms with Crippen LogP contribution in [0.1, 0.15) is 18.1 Å². The first-order chi connectivity index (χ1) is 14.4. The molecule has 2 rings (SSSR count). The van der Waals surface area contributed by atoms with Crippen LogP contribution in [0.25, 0.3) is 0 Å². The van der Waals surface area contributed by atoms with Crippen LogP contribution in [0.4, 0.5) is 18.9 Å². The maximum Gasteiger partial charge on any atom is 0.422 e. The number of ether oxygens (including phenoxy) is 1. The molecule has 0 saturated carbocycles. The molecular weight excluding hydrogens is 433 g/mol. The number of aryl methyl sites for hydroxylation is 1. The third-order valence-corrected chi connectivity index (χ3v) is 6.61. The Labute approximate surface area is 179 Å². The van der Waals surface area contributed by atoms with Crippen LogP contribution in [0.3, 0.4) is 0 Å². The molecule has 2 aromatic rings. The van der Waals surface area contributed by atoms with Gasteiger partial charge in [-0.3, -0.25) is 0 Å². The Morgan fingerprint density at radius 2 is 1.81 bits per heavy atom. The molecule has 0 radical (unpaired) electrons. The van der Waals surface area contributed by atoms with E-state index in [1.54, 1.807) is 11.9 Å². The molecule has 1 atom stereocenters. The minimum Gasteiger partial charge on any atom is -0.496 e. The monoisotopic (exact) mass is 458 g/mol. The largest absolute Gasteiger partial charge is 0.496 e. The Kier molecular flexibility index (Phi) is 7.38. The fraction of sp³-hybridized carbons (Fsp3) is 0.381. The van der Waals surface area contributed by atoms with Gasteiger partial charge in [0.05, 0.1) is 29.8 Å². The van der Waals surface area contributed by atoms with Gasteiger partial charge in [-0.15, -0.1) is 0 Å². The first kappa shape index (κ1) is 24.7. The Hall–Kier alpha value is -2.59. The smallest absolute Gasteiger partial charge is 0.422 e. The minimum absolute atomic E-state index is 0.316. The Bertz CT molecular complexity index is 1040. The third kappa shape index (κ3) is 5.37.